The largest absolute Gasteiger partial charge is 0.396 e. The topological polar surface area (TPSA) is 36.4 Å². The van der Waals surface area contributed by atoms with Crippen molar-refractivity contribution in [1.82, 2.24) is 9.88 Å². The molecule has 3 rings (SSSR count). The molecule has 1 fully saturated rings. The van der Waals surface area contributed by atoms with E-state index in [0.717, 1.165) is 30.6 Å². The second-order valence-electron chi connectivity index (χ2n) is 6.71. The second kappa shape index (κ2) is 6.76. The molecule has 1 N–H and O–H groups in total. The number of hydrogen-bond donors (Lipinski definition) is 1. The highest BCUT2D eigenvalue weighted by atomic mass is 16.3. The number of benzene rings is 1. The van der Waals surface area contributed by atoms with E-state index in [1.165, 1.54) is 23.8 Å². The summed E-state index contributed by atoms with van der Waals surface area (Å²) in [4.78, 5) is 7.11. The summed E-state index contributed by atoms with van der Waals surface area (Å²) < 4.78 is 0. The molecule has 1 heterocycles. The molecule has 1 aliphatic rings. The van der Waals surface area contributed by atoms with Crippen LogP contribution >= 0.6 is 0 Å². The van der Waals surface area contributed by atoms with E-state index < -0.39 is 0 Å². The zero-order valence-corrected chi connectivity index (χ0v) is 13.6. The number of aromatic nitrogens is 1. The van der Waals surface area contributed by atoms with E-state index in [2.05, 4.69) is 54.2 Å². The lowest BCUT2D eigenvalue weighted by molar-refractivity contribution is 0.124. The predicted octanol–water partition coefficient (Wildman–Crippen LogP) is 3.53. The molecule has 1 saturated carbocycles. The Hall–Kier alpha value is -1.45. The molecule has 1 aliphatic carbocycles. The minimum atomic E-state index is 0.352. The van der Waals surface area contributed by atoms with Gasteiger partial charge in [0, 0.05) is 30.3 Å². The summed E-state index contributed by atoms with van der Waals surface area (Å²) in [7, 11) is 2.23. The number of pyridine rings is 1. The van der Waals surface area contributed by atoms with E-state index >= 15 is 0 Å². The molecule has 22 heavy (non-hydrogen) atoms. The maximum atomic E-state index is 9.28. The number of fused-ring (bicyclic) bond motifs is 1. The Morgan fingerprint density at radius 1 is 1.18 bits per heavy atom. The summed E-state index contributed by atoms with van der Waals surface area (Å²) in [5.41, 5.74) is 3.55. The maximum Gasteiger partial charge on any atom is 0.0708 e. The quantitative estimate of drug-likeness (QED) is 0.938. The highest BCUT2D eigenvalue weighted by Gasteiger charge is 2.23. The van der Waals surface area contributed by atoms with Crippen molar-refractivity contribution in [2.75, 3.05) is 13.7 Å². The first-order valence-corrected chi connectivity index (χ1v) is 8.33. The van der Waals surface area contributed by atoms with Crippen molar-refractivity contribution < 1.29 is 5.11 Å². The van der Waals surface area contributed by atoms with Gasteiger partial charge in [-0.05, 0) is 63.3 Å². The van der Waals surface area contributed by atoms with Gasteiger partial charge in [0.15, 0.2) is 0 Å². The lowest BCUT2D eigenvalue weighted by Gasteiger charge is -2.34. The molecule has 118 valence electrons. The highest BCUT2D eigenvalue weighted by Crippen LogP contribution is 2.28. The van der Waals surface area contributed by atoms with Crippen LogP contribution in [-0.4, -0.2) is 34.7 Å². The Bertz CT molecular complexity index is 632. The average molecular weight is 298 g/mol. The van der Waals surface area contributed by atoms with Gasteiger partial charge in [0.2, 0.25) is 0 Å². The van der Waals surface area contributed by atoms with Gasteiger partial charge in [-0.1, -0.05) is 18.2 Å². The van der Waals surface area contributed by atoms with Crippen LogP contribution in [0, 0.1) is 12.8 Å². The third-order valence-corrected chi connectivity index (χ3v) is 5.05. The summed E-state index contributed by atoms with van der Waals surface area (Å²) >= 11 is 0. The molecular weight excluding hydrogens is 272 g/mol. The van der Waals surface area contributed by atoms with Crippen molar-refractivity contribution in [1.29, 1.82) is 0 Å². The molecule has 0 saturated heterocycles. The van der Waals surface area contributed by atoms with Gasteiger partial charge < -0.3 is 5.11 Å². The van der Waals surface area contributed by atoms with E-state index in [4.69, 9.17) is 0 Å². The normalized spacial score (nSPS) is 22.4. The molecule has 0 aliphatic heterocycles. The van der Waals surface area contributed by atoms with Gasteiger partial charge in [-0.3, -0.25) is 9.88 Å². The summed E-state index contributed by atoms with van der Waals surface area (Å²) in [5, 5.41) is 10.5. The van der Waals surface area contributed by atoms with Crippen LogP contribution in [0.1, 0.15) is 36.9 Å². The minimum Gasteiger partial charge on any atom is -0.396 e. The molecule has 0 atom stereocenters. The zero-order chi connectivity index (χ0) is 15.5. The first-order chi connectivity index (χ1) is 10.7. The standard InChI is InChI=1S/C19H26N2O/c1-14-11-16(18-5-3-4-6-19(18)20-14)12-21(2)17-9-7-15(13-22)8-10-17/h3-6,11,15,17,22H,7-10,12-13H2,1-2H3. The Balaban J connectivity index is 1.75. The number of aryl methyl sites for hydroxylation is 1. The third-order valence-electron chi connectivity index (χ3n) is 5.05. The van der Waals surface area contributed by atoms with Gasteiger partial charge in [-0.2, -0.15) is 0 Å². The molecule has 0 bridgehead atoms. The Morgan fingerprint density at radius 2 is 1.91 bits per heavy atom. The van der Waals surface area contributed by atoms with Gasteiger partial charge >= 0.3 is 0 Å². The minimum absolute atomic E-state index is 0.352. The maximum absolute atomic E-state index is 9.28. The van der Waals surface area contributed by atoms with Crippen LogP contribution in [0.5, 0.6) is 0 Å². The van der Waals surface area contributed by atoms with Crippen molar-refractivity contribution in [3.63, 3.8) is 0 Å². The number of rotatable bonds is 4. The first kappa shape index (κ1) is 15.4. The van der Waals surface area contributed by atoms with Crippen molar-refractivity contribution in [2.45, 2.75) is 45.2 Å². The highest BCUT2D eigenvalue weighted by molar-refractivity contribution is 5.82. The number of para-hydroxylation sites is 1. The monoisotopic (exact) mass is 298 g/mol. The molecule has 2 aromatic rings. The van der Waals surface area contributed by atoms with Gasteiger partial charge in [0.05, 0.1) is 5.52 Å². The van der Waals surface area contributed by atoms with Crippen LogP contribution in [0.4, 0.5) is 0 Å². The molecule has 1 aromatic heterocycles. The lowest BCUT2D eigenvalue weighted by Crippen LogP contribution is -2.35. The van der Waals surface area contributed by atoms with E-state index in [1.54, 1.807) is 0 Å². The summed E-state index contributed by atoms with van der Waals surface area (Å²) in [6.45, 7) is 3.39. The molecule has 0 amide bonds. The Labute approximate surface area is 133 Å². The van der Waals surface area contributed by atoms with Crippen molar-refractivity contribution >= 4 is 10.9 Å². The van der Waals surface area contributed by atoms with E-state index in [0.29, 0.717) is 18.6 Å². The first-order valence-electron chi connectivity index (χ1n) is 8.33. The summed E-state index contributed by atoms with van der Waals surface area (Å²) in [6, 6.07) is 11.3. The van der Waals surface area contributed by atoms with E-state index in [1.807, 2.05) is 0 Å². The number of aliphatic hydroxyl groups excluding tert-OH is 1. The molecule has 3 heteroatoms. The van der Waals surface area contributed by atoms with Crippen molar-refractivity contribution in [2.24, 2.45) is 5.92 Å². The summed E-state index contributed by atoms with van der Waals surface area (Å²) in [6.07, 6.45) is 4.71. The van der Waals surface area contributed by atoms with Gasteiger partial charge in [-0.15, -0.1) is 0 Å². The third kappa shape index (κ3) is 3.31. The van der Waals surface area contributed by atoms with Crippen LogP contribution in [-0.2, 0) is 6.54 Å². The zero-order valence-electron chi connectivity index (χ0n) is 13.6. The molecule has 0 spiro atoms. The average Bonchev–Trinajstić information content (AvgIpc) is 2.54. The fraction of sp³-hybridized carbons (Fsp3) is 0.526. The van der Waals surface area contributed by atoms with Crippen molar-refractivity contribution in [3.05, 3.63) is 41.6 Å². The molecular formula is C19H26N2O. The van der Waals surface area contributed by atoms with E-state index in [-0.39, 0.29) is 0 Å². The van der Waals surface area contributed by atoms with Gasteiger partial charge in [-0.25, -0.2) is 0 Å². The van der Waals surface area contributed by atoms with Gasteiger partial charge in [0.1, 0.15) is 0 Å². The fourth-order valence-electron chi connectivity index (χ4n) is 3.69. The number of nitrogens with zero attached hydrogens (tertiary/aromatic N) is 2. The number of aliphatic hydroxyl groups is 1. The molecule has 0 radical (unpaired) electrons. The molecule has 3 nitrogen and oxygen atoms in total. The van der Waals surface area contributed by atoms with Gasteiger partial charge in [0.25, 0.3) is 0 Å². The van der Waals surface area contributed by atoms with E-state index in [9.17, 15) is 5.11 Å². The SMILES string of the molecule is Cc1cc(CN(C)C2CCC(CO)CC2)c2ccccc2n1. The van der Waals surface area contributed by atoms with Crippen LogP contribution in [0.3, 0.4) is 0 Å². The fourth-order valence-corrected chi connectivity index (χ4v) is 3.69. The van der Waals surface area contributed by atoms with Crippen LogP contribution < -0.4 is 0 Å². The number of hydrogen-bond acceptors (Lipinski definition) is 3. The Morgan fingerprint density at radius 3 is 2.64 bits per heavy atom. The predicted molar refractivity (Wildman–Crippen MR) is 90.8 cm³/mol. The van der Waals surface area contributed by atoms with Crippen LogP contribution in [0.2, 0.25) is 0 Å². The lowest BCUT2D eigenvalue weighted by atomic mass is 9.86. The summed E-state index contributed by atoms with van der Waals surface area (Å²) in [5.74, 6) is 0.522. The van der Waals surface area contributed by atoms with Crippen LogP contribution in [0.25, 0.3) is 10.9 Å². The Kier molecular flexibility index (Phi) is 4.74. The van der Waals surface area contributed by atoms with Crippen LogP contribution in [0.15, 0.2) is 30.3 Å². The smallest absolute Gasteiger partial charge is 0.0708 e. The molecule has 1 aromatic carbocycles. The molecule has 0 unspecified atom stereocenters. The second-order valence-corrected chi connectivity index (χ2v) is 6.71. The van der Waals surface area contributed by atoms with Crippen molar-refractivity contribution in [3.8, 4) is 0 Å².